The van der Waals surface area contributed by atoms with Gasteiger partial charge >= 0.3 is 0 Å². The zero-order valence-corrected chi connectivity index (χ0v) is 11.4. The largest absolute Gasteiger partial charge is 0.508 e. The summed E-state index contributed by atoms with van der Waals surface area (Å²) in [5.74, 6) is -0.0533. The summed E-state index contributed by atoms with van der Waals surface area (Å²) in [5, 5.41) is 25.9. The minimum Gasteiger partial charge on any atom is -0.508 e. The van der Waals surface area contributed by atoms with Crippen molar-refractivity contribution in [3.05, 3.63) is 23.8 Å². The Bertz CT molecular complexity index is 452. The first-order valence-corrected chi connectivity index (χ1v) is 6.12. The molecule has 0 atom stereocenters. The molecule has 0 spiro atoms. The highest BCUT2D eigenvalue weighted by Crippen LogP contribution is 2.20. The maximum Gasteiger partial charge on any atom is 0.186 e. The lowest BCUT2D eigenvalue weighted by Gasteiger charge is -2.06. The van der Waals surface area contributed by atoms with Crippen LogP contribution >= 0.6 is 12.2 Å². The lowest BCUT2D eigenvalue weighted by molar-refractivity contribution is 0.195. The summed E-state index contributed by atoms with van der Waals surface area (Å²) in [6, 6.07) is 4.25. The van der Waals surface area contributed by atoms with Gasteiger partial charge in [0.15, 0.2) is 5.11 Å². The lowest BCUT2D eigenvalue weighted by Crippen LogP contribution is -2.33. The van der Waals surface area contributed by atoms with Gasteiger partial charge in [-0.15, -0.1) is 0 Å². The summed E-state index contributed by atoms with van der Waals surface area (Å²) in [6.45, 7) is 1.36. The molecule has 1 aromatic rings. The number of aromatic hydroxyl groups is 2. The molecule has 0 heterocycles. The number of hydrogen-bond donors (Lipinski definition) is 4. The number of benzene rings is 1. The molecule has 7 heteroatoms. The van der Waals surface area contributed by atoms with Crippen molar-refractivity contribution in [1.82, 2.24) is 10.7 Å². The Hall–Kier alpha value is -1.86. The predicted octanol–water partition coefficient (Wildman–Crippen LogP) is 0.932. The van der Waals surface area contributed by atoms with Crippen molar-refractivity contribution in [2.45, 2.75) is 6.42 Å². The van der Waals surface area contributed by atoms with E-state index < -0.39 is 0 Å². The monoisotopic (exact) mass is 283 g/mol. The first-order chi connectivity index (χ1) is 9.13. The summed E-state index contributed by atoms with van der Waals surface area (Å²) in [5.41, 5.74) is 3.10. The van der Waals surface area contributed by atoms with Crippen LogP contribution in [0.1, 0.15) is 12.0 Å². The molecule has 0 aliphatic carbocycles. The number of hydrazone groups is 1. The minimum absolute atomic E-state index is 0.00191. The van der Waals surface area contributed by atoms with Gasteiger partial charge in [-0.3, -0.25) is 5.43 Å². The molecule has 0 radical (unpaired) electrons. The van der Waals surface area contributed by atoms with Gasteiger partial charge in [-0.05, 0) is 30.8 Å². The van der Waals surface area contributed by atoms with Crippen molar-refractivity contribution < 1.29 is 14.9 Å². The van der Waals surface area contributed by atoms with E-state index in [-0.39, 0.29) is 11.5 Å². The summed E-state index contributed by atoms with van der Waals surface area (Å²) in [7, 11) is 1.64. The SMILES string of the molecule is COCCCNC(=S)N/N=C/c1ccc(O)cc1O. The smallest absolute Gasteiger partial charge is 0.186 e. The number of nitrogens with one attached hydrogen (secondary N) is 2. The molecule has 1 rings (SSSR count). The third kappa shape index (κ3) is 6.03. The normalized spacial score (nSPS) is 10.6. The van der Waals surface area contributed by atoms with Crippen molar-refractivity contribution in [3.63, 3.8) is 0 Å². The number of hydrogen-bond acceptors (Lipinski definition) is 5. The second-order valence-corrected chi connectivity index (χ2v) is 4.12. The van der Waals surface area contributed by atoms with Gasteiger partial charge in [0.2, 0.25) is 0 Å². The lowest BCUT2D eigenvalue weighted by atomic mass is 10.2. The van der Waals surface area contributed by atoms with Gasteiger partial charge in [-0.1, -0.05) is 0 Å². The number of ether oxygens (including phenoxy) is 1. The van der Waals surface area contributed by atoms with Crippen LogP contribution in [-0.2, 0) is 4.74 Å². The molecule has 0 amide bonds. The first-order valence-electron chi connectivity index (χ1n) is 5.71. The highest BCUT2D eigenvalue weighted by Gasteiger charge is 1.99. The van der Waals surface area contributed by atoms with E-state index in [0.29, 0.717) is 23.8 Å². The van der Waals surface area contributed by atoms with E-state index in [1.165, 1.54) is 18.3 Å². The topological polar surface area (TPSA) is 86.1 Å². The Morgan fingerprint density at radius 3 is 2.95 bits per heavy atom. The van der Waals surface area contributed by atoms with Gasteiger partial charge in [0.25, 0.3) is 0 Å². The fourth-order valence-electron chi connectivity index (χ4n) is 1.26. The number of nitrogens with zero attached hydrogens (tertiary/aromatic N) is 1. The first kappa shape index (κ1) is 15.2. The third-order valence-corrected chi connectivity index (χ3v) is 2.43. The molecular weight excluding hydrogens is 266 g/mol. The molecule has 0 aromatic heterocycles. The van der Waals surface area contributed by atoms with Crippen LogP contribution in [0.25, 0.3) is 0 Å². The number of rotatable bonds is 6. The Morgan fingerprint density at radius 2 is 2.26 bits per heavy atom. The Labute approximate surface area is 117 Å². The van der Waals surface area contributed by atoms with Crippen molar-refractivity contribution >= 4 is 23.5 Å². The second kappa shape index (κ2) is 8.28. The number of phenolic OH excluding ortho intramolecular Hbond substituents is 2. The van der Waals surface area contributed by atoms with Crippen molar-refractivity contribution in [3.8, 4) is 11.5 Å². The van der Waals surface area contributed by atoms with Crippen LogP contribution in [0.5, 0.6) is 11.5 Å². The number of phenols is 2. The summed E-state index contributed by atoms with van der Waals surface area (Å²) in [4.78, 5) is 0. The molecule has 0 aliphatic rings. The second-order valence-electron chi connectivity index (χ2n) is 3.72. The molecule has 0 bridgehead atoms. The Balaban J connectivity index is 2.34. The molecule has 1 aromatic carbocycles. The van der Waals surface area contributed by atoms with Crippen LogP contribution in [0.2, 0.25) is 0 Å². The van der Waals surface area contributed by atoms with Gasteiger partial charge in [0.05, 0.1) is 6.21 Å². The van der Waals surface area contributed by atoms with Crippen molar-refractivity contribution in [2.75, 3.05) is 20.3 Å². The molecule has 0 saturated carbocycles. The average molecular weight is 283 g/mol. The van der Waals surface area contributed by atoms with Gasteiger partial charge in [0, 0.05) is 31.9 Å². The molecule has 104 valence electrons. The molecule has 4 N–H and O–H groups in total. The fraction of sp³-hybridized carbons (Fsp3) is 0.333. The molecule has 0 unspecified atom stereocenters. The third-order valence-electron chi connectivity index (χ3n) is 2.19. The number of methoxy groups -OCH3 is 1. The van der Waals surface area contributed by atoms with Crippen molar-refractivity contribution in [2.24, 2.45) is 5.10 Å². The molecule has 0 saturated heterocycles. The Kier molecular flexibility index (Phi) is 6.62. The maximum atomic E-state index is 9.52. The average Bonchev–Trinajstić information content (AvgIpc) is 2.37. The van der Waals surface area contributed by atoms with Gasteiger partial charge in [0.1, 0.15) is 11.5 Å². The van der Waals surface area contributed by atoms with E-state index in [4.69, 9.17) is 22.1 Å². The van der Waals surface area contributed by atoms with E-state index in [1.54, 1.807) is 13.2 Å². The van der Waals surface area contributed by atoms with E-state index in [2.05, 4.69) is 15.8 Å². The van der Waals surface area contributed by atoms with E-state index in [9.17, 15) is 5.11 Å². The highest BCUT2D eigenvalue weighted by atomic mass is 32.1. The van der Waals surface area contributed by atoms with E-state index in [1.807, 2.05) is 0 Å². The van der Waals surface area contributed by atoms with Gasteiger partial charge < -0.3 is 20.3 Å². The van der Waals surface area contributed by atoms with Crippen LogP contribution in [0.4, 0.5) is 0 Å². The minimum atomic E-state index is -0.0514. The summed E-state index contributed by atoms with van der Waals surface area (Å²) in [6.07, 6.45) is 2.26. The van der Waals surface area contributed by atoms with E-state index in [0.717, 1.165) is 6.42 Å². The fourth-order valence-corrected chi connectivity index (χ4v) is 1.41. The summed E-state index contributed by atoms with van der Waals surface area (Å²) >= 11 is 4.99. The molecular formula is C12H17N3O3S. The van der Waals surface area contributed by atoms with E-state index >= 15 is 0 Å². The molecule has 0 aliphatic heterocycles. The summed E-state index contributed by atoms with van der Waals surface area (Å²) < 4.78 is 4.90. The Morgan fingerprint density at radius 1 is 1.47 bits per heavy atom. The zero-order valence-electron chi connectivity index (χ0n) is 10.6. The molecule has 19 heavy (non-hydrogen) atoms. The van der Waals surface area contributed by atoms with Gasteiger partial charge in [-0.25, -0.2) is 0 Å². The molecule has 6 nitrogen and oxygen atoms in total. The van der Waals surface area contributed by atoms with Crippen LogP contribution in [-0.4, -0.2) is 41.8 Å². The predicted molar refractivity (Wildman–Crippen MR) is 77.6 cm³/mol. The number of thiocarbonyl (C=S) groups is 1. The zero-order chi connectivity index (χ0) is 14.1. The quantitative estimate of drug-likeness (QED) is 0.269. The molecule has 0 fully saturated rings. The standard InChI is InChI=1S/C12H17N3O3S/c1-18-6-2-5-13-12(19)15-14-8-9-3-4-10(16)7-11(9)17/h3-4,7-8,16-17H,2,5-6H2,1H3,(H2,13,15,19)/b14-8+. The van der Waals surface area contributed by atoms with Gasteiger partial charge in [-0.2, -0.15) is 5.10 Å². The highest BCUT2D eigenvalue weighted by molar-refractivity contribution is 7.80. The van der Waals surface area contributed by atoms with Crippen LogP contribution < -0.4 is 10.7 Å². The van der Waals surface area contributed by atoms with Crippen molar-refractivity contribution in [1.29, 1.82) is 0 Å². The van der Waals surface area contributed by atoms with Crippen LogP contribution in [0, 0.1) is 0 Å². The van der Waals surface area contributed by atoms with Crippen LogP contribution in [0.3, 0.4) is 0 Å². The van der Waals surface area contributed by atoms with Crippen LogP contribution in [0.15, 0.2) is 23.3 Å². The maximum absolute atomic E-state index is 9.52.